The van der Waals surface area contributed by atoms with Gasteiger partial charge in [-0.3, -0.25) is 0 Å². The van der Waals surface area contributed by atoms with Crippen LogP contribution in [0.25, 0.3) is 11.4 Å². The van der Waals surface area contributed by atoms with Crippen LogP contribution in [-0.4, -0.2) is 41.1 Å². The van der Waals surface area contributed by atoms with E-state index in [9.17, 15) is 0 Å². The number of hydrogen-bond donors (Lipinski definition) is 0. The molecule has 1 fully saturated rings. The van der Waals surface area contributed by atoms with Gasteiger partial charge in [-0.25, -0.2) is 0 Å². The predicted octanol–water partition coefficient (Wildman–Crippen LogP) is 5.17. The first-order valence-corrected chi connectivity index (χ1v) is 11.8. The second kappa shape index (κ2) is 7.52. The van der Waals surface area contributed by atoms with E-state index in [-0.39, 0.29) is 5.60 Å². The second-order valence-electron chi connectivity index (χ2n) is 9.31. The van der Waals surface area contributed by atoms with E-state index in [0.29, 0.717) is 0 Å². The number of nitrogens with zero attached hydrogens (tertiary/aromatic N) is 4. The summed E-state index contributed by atoms with van der Waals surface area (Å²) in [5.41, 5.74) is 7.79. The van der Waals surface area contributed by atoms with Gasteiger partial charge < -0.3 is 14.5 Å². The van der Waals surface area contributed by atoms with E-state index < -0.39 is 0 Å². The lowest BCUT2D eigenvalue weighted by Crippen LogP contribution is -2.47. The lowest BCUT2D eigenvalue weighted by Gasteiger charge is -2.38. The SMILES string of the molecule is Cc1c(C)c(N2CCN(c3nc(-c4ccccc4)ns3)CC2)c(C)c2c1OC(C)(C)C2. The third-order valence-electron chi connectivity index (χ3n) is 6.63. The fourth-order valence-corrected chi connectivity index (χ4v) is 5.64. The molecule has 31 heavy (non-hydrogen) atoms. The molecule has 3 aromatic rings. The third-order valence-corrected chi connectivity index (χ3v) is 7.41. The molecule has 2 aliphatic heterocycles. The van der Waals surface area contributed by atoms with Gasteiger partial charge in [0, 0.05) is 60.9 Å². The van der Waals surface area contributed by atoms with Crippen LogP contribution in [0.1, 0.15) is 36.1 Å². The third kappa shape index (κ3) is 3.57. The largest absolute Gasteiger partial charge is 0.487 e. The van der Waals surface area contributed by atoms with Crippen molar-refractivity contribution in [3.63, 3.8) is 0 Å². The van der Waals surface area contributed by atoms with E-state index in [1.807, 2.05) is 18.2 Å². The van der Waals surface area contributed by atoms with Gasteiger partial charge in [0.1, 0.15) is 11.4 Å². The minimum absolute atomic E-state index is 0.115. The molecule has 0 aliphatic carbocycles. The Balaban J connectivity index is 1.35. The van der Waals surface area contributed by atoms with E-state index in [2.05, 4.69) is 60.9 Å². The molecule has 1 aromatic heterocycles. The predicted molar refractivity (Wildman–Crippen MR) is 129 cm³/mol. The number of piperazine rings is 1. The van der Waals surface area contributed by atoms with Crippen LogP contribution in [0.5, 0.6) is 5.75 Å². The summed E-state index contributed by atoms with van der Waals surface area (Å²) >= 11 is 1.50. The minimum Gasteiger partial charge on any atom is -0.487 e. The van der Waals surface area contributed by atoms with Gasteiger partial charge in [0.2, 0.25) is 5.13 Å². The lowest BCUT2D eigenvalue weighted by atomic mass is 9.92. The Morgan fingerprint density at radius 2 is 1.58 bits per heavy atom. The maximum Gasteiger partial charge on any atom is 0.205 e. The van der Waals surface area contributed by atoms with Crippen LogP contribution in [-0.2, 0) is 6.42 Å². The molecule has 2 aliphatic rings. The first-order valence-electron chi connectivity index (χ1n) is 11.0. The van der Waals surface area contributed by atoms with Crippen LogP contribution in [0.3, 0.4) is 0 Å². The lowest BCUT2D eigenvalue weighted by molar-refractivity contribution is 0.137. The summed E-state index contributed by atoms with van der Waals surface area (Å²) in [7, 11) is 0. The van der Waals surface area contributed by atoms with Crippen molar-refractivity contribution in [2.24, 2.45) is 0 Å². The maximum atomic E-state index is 6.30. The van der Waals surface area contributed by atoms with Gasteiger partial charge >= 0.3 is 0 Å². The molecule has 0 amide bonds. The van der Waals surface area contributed by atoms with E-state index >= 15 is 0 Å². The van der Waals surface area contributed by atoms with E-state index in [1.54, 1.807) is 0 Å². The van der Waals surface area contributed by atoms with Crippen molar-refractivity contribution in [2.45, 2.75) is 46.6 Å². The molecule has 5 nitrogen and oxygen atoms in total. The highest BCUT2D eigenvalue weighted by molar-refractivity contribution is 7.09. The zero-order valence-corrected chi connectivity index (χ0v) is 19.8. The maximum absolute atomic E-state index is 6.30. The topological polar surface area (TPSA) is 41.5 Å². The fourth-order valence-electron chi connectivity index (χ4n) is 4.90. The monoisotopic (exact) mass is 434 g/mol. The summed E-state index contributed by atoms with van der Waals surface area (Å²) in [6.45, 7) is 15.0. The number of anilines is 2. The number of hydrogen-bond acceptors (Lipinski definition) is 6. The first-order chi connectivity index (χ1) is 14.8. The molecule has 0 unspecified atom stereocenters. The summed E-state index contributed by atoms with van der Waals surface area (Å²) in [5, 5.41) is 1.02. The highest BCUT2D eigenvalue weighted by Crippen LogP contribution is 2.45. The number of fused-ring (bicyclic) bond motifs is 1. The van der Waals surface area contributed by atoms with Crippen molar-refractivity contribution >= 4 is 22.4 Å². The summed E-state index contributed by atoms with van der Waals surface area (Å²) in [5.74, 6) is 1.94. The summed E-state index contributed by atoms with van der Waals surface area (Å²) in [4.78, 5) is 9.74. The van der Waals surface area contributed by atoms with Gasteiger partial charge in [-0.2, -0.15) is 9.36 Å². The van der Waals surface area contributed by atoms with Crippen LogP contribution in [0.2, 0.25) is 0 Å². The van der Waals surface area contributed by atoms with Crippen molar-refractivity contribution in [1.29, 1.82) is 0 Å². The van der Waals surface area contributed by atoms with Gasteiger partial charge in [-0.1, -0.05) is 30.3 Å². The van der Waals surface area contributed by atoms with Gasteiger partial charge in [-0.15, -0.1) is 0 Å². The molecule has 0 spiro atoms. The van der Waals surface area contributed by atoms with E-state index in [4.69, 9.17) is 9.72 Å². The molecule has 1 saturated heterocycles. The number of rotatable bonds is 3. The number of aromatic nitrogens is 2. The Hall–Kier alpha value is -2.60. The summed E-state index contributed by atoms with van der Waals surface area (Å²) < 4.78 is 10.9. The Morgan fingerprint density at radius 3 is 2.29 bits per heavy atom. The Labute approximate surface area is 188 Å². The van der Waals surface area contributed by atoms with E-state index in [1.165, 1.54) is 39.5 Å². The minimum atomic E-state index is -0.115. The quantitative estimate of drug-likeness (QED) is 0.569. The molecule has 2 aromatic carbocycles. The Morgan fingerprint density at radius 1 is 0.903 bits per heavy atom. The normalized spacial score (nSPS) is 17.6. The highest BCUT2D eigenvalue weighted by Gasteiger charge is 2.35. The zero-order chi connectivity index (χ0) is 21.8. The van der Waals surface area contributed by atoms with Gasteiger partial charge in [-0.05, 0) is 51.3 Å². The molecule has 3 heterocycles. The van der Waals surface area contributed by atoms with E-state index in [0.717, 1.165) is 54.9 Å². The van der Waals surface area contributed by atoms with Crippen molar-refractivity contribution in [1.82, 2.24) is 9.36 Å². The Bertz CT molecular complexity index is 1110. The standard InChI is InChI=1S/C25H30N4OS/c1-16-17(2)22-20(15-25(4,5)30-22)18(3)21(16)28-11-13-29(14-12-28)24-26-23(27-31-24)19-9-7-6-8-10-19/h6-10H,11-15H2,1-5H3. The van der Waals surface area contributed by atoms with Gasteiger partial charge in [0.05, 0.1) is 0 Å². The summed E-state index contributed by atoms with van der Waals surface area (Å²) in [6, 6.07) is 10.2. The molecule has 0 radical (unpaired) electrons. The number of ether oxygens (including phenoxy) is 1. The molecule has 0 saturated carbocycles. The summed E-state index contributed by atoms with van der Waals surface area (Å²) in [6.07, 6.45) is 0.981. The molecule has 0 bridgehead atoms. The zero-order valence-electron chi connectivity index (χ0n) is 19.0. The van der Waals surface area contributed by atoms with Gasteiger partial charge in [0.15, 0.2) is 5.82 Å². The van der Waals surface area contributed by atoms with Crippen LogP contribution >= 0.6 is 11.5 Å². The fraction of sp³-hybridized carbons (Fsp3) is 0.440. The highest BCUT2D eigenvalue weighted by atomic mass is 32.1. The molecular formula is C25H30N4OS. The number of benzene rings is 2. The Kier molecular flexibility index (Phi) is 4.93. The second-order valence-corrected chi connectivity index (χ2v) is 10.0. The molecule has 0 atom stereocenters. The van der Waals surface area contributed by atoms with Gasteiger partial charge in [0.25, 0.3) is 0 Å². The van der Waals surface area contributed by atoms with Crippen LogP contribution < -0.4 is 14.5 Å². The van der Waals surface area contributed by atoms with Crippen molar-refractivity contribution < 1.29 is 4.74 Å². The first kappa shape index (κ1) is 20.3. The molecule has 162 valence electrons. The van der Waals surface area contributed by atoms with Crippen LogP contribution in [0, 0.1) is 20.8 Å². The van der Waals surface area contributed by atoms with Crippen molar-refractivity contribution in [3.05, 3.63) is 52.6 Å². The molecule has 0 N–H and O–H groups in total. The van der Waals surface area contributed by atoms with Crippen molar-refractivity contribution in [2.75, 3.05) is 36.0 Å². The average Bonchev–Trinajstić information content (AvgIpc) is 3.38. The van der Waals surface area contributed by atoms with Crippen LogP contribution in [0.15, 0.2) is 30.3 Å². The molecule has 5 rings (SSSR count). The van der Waals surface area contributed by atoms with Crippen LogP contribution in [0.4, 0.5) is 10.8 Å². The smallest absolute Gasteiger partial charge is 0.205 e. The average molecular weight is 435 g/mol. The molecular weight excluding hydrogens is 404 g/mol. The van der Waals surface area contributed by atoms with Crippen molar-refractivity contribution in [3.8, 4) is 17.1 Å². The molecule has 6 heteroatoms.